The Labute approximate surface area is 116 Å². The standard InChI is InChI=1S/C6H11F2.C6H5.Y/c1-3-4-5-6(2,7)8;1-2-4-6-5-3-1;/h2-5H2,1H3;1-5H;/q2*-1;. The maximum Gasteiger partial charge on any atom is 0.129 e. The summed E-state index contributed by atoms with van der Waals surface area (Å²) in [6.07, 6.45) is 1.30. The molecule has 0 aromatic heterocycles. The number of hydrogen-bond acceptors (Lipinski definition) is 0. The summed E-state index contributed by atoms with van der Waals surface area (Å²) in [7, 11) is 0. The monoisotopic (exact) mass is 287 g/mol. The van der Waals surface area contributed by atoms with Gasteiger partial charge in [0.25, 0.3) is 0 Å². The summed E-state index contributed by atoms with van der Waals surface area (Å²) in [4.78, 5) is 0. The van der Waals surface area contributed by atoms with E-state index in [0.717, 1.165) is 6.42 Å². The second-order valence-corrected chi connectivity index (χ2v) is 3.04. The molecule has 3 heteroatoms. The molecule has 0 aliphatic carbocycles. The largest absolute Gasteiger partial charge is 0.274 e. The molecule has 1 radical (unpaired) electrons. The Morgan fingerprint density at radius 3 is 1.87 bits per heavy atom. The van der Waals surface area contributed by atoms with Crippen LogP contribution < -0.4 is 0 Å². The third-order valence-electron chi connectivity index (χ3n) is 1.50. The van der Waals surface area contributed by atoms with Gasteiger partial charge in [0, 0.05) is 32.7 Å². The van der Waals surface area contributed by atoms with Crippen LogP contribution in [0.4, 0.5) is 8.78 Å². The van der Waals surface area contributed by atoms with Crippen molar-refractivity contribution in [1.82, 2.24) is 0 Å². The first-order valence-corrected chi connectivity index (χ1v) is 4.70. The zero-order chi connectivity index (χ0) is 10.9. The average molecular weight is 287 g/mol. The second-order valence-electron chi connectivity index (χ2n) is 3.04. The Bertz CT molecular complexity index is 180. The van der Waals surface area contributed by atoms with Gasteiger partial charge >= 0.3 is 0 Å². The molecule has 0 saturated heterocycles. The summed E-state index contributed by atoms with van der Waals surface area (Å²) >= 11 is 0. The van der Waals surface area contributed by atoms with E-state index in [0.29, 0.717) is 6.42 Å². The molecule has 1 rings (SSSR count). The van der Waals surface area contributed by atoms with Gasteiger partial charge in [-0.3, -0.25) is 6.92 Å². The van der Waals surface area contributed by atoms with E-state index in [-0.39, 0.29) is 39.1 Å². The Balaban J connectivity index is 0. The Morgan fingerprint density at radius 1 is 1.20 bits per heavy atom. The first-order chi connectivity index (χ1) is 6.56. The second kappa shape index (κ2) is 10.7. The van der Waals surface area contributed by atoms with Crippen molar-refractivity contribution in [2.45, 2.75) is 32.1 Å². The number of unbranched alkanes of at least 4 members (excludes halogenated alkanes) is 1. The van der Waals surface area contributed by atoms with Gasteiger partial charge in [-0.15, -0.1) is 0 Å². The number of rotatable bonds is 3. The molecule has 0 heterocycles. The first kappa shape index (κ1) is 17.6. The van der Waals surface area contributed by atoms with Crippen LogP contribution in [0.15, 0.2) is 30.3 Å². The molecular weight excluding hydrogens is 271 g/mol. The predicted octanol–water partition coefficient (Wildman–Crippen LogP) is 4.13. The van der Waals surface area contributed by atoms with Crippen LogP contribution in [0.1, 0.15) is 26.2 Å². The molecule has 0 aliphatic heterocycles. The molecule has 0 amide bonds. The van der Waals surface area contributed by atoms with Crippen molar-refractivity contribution in [3.63, 3.8) is 0 Å². The van der Waals surface area contributed by atoms with Gasteiger partial charge in [-0.1, -0.05) is 19.8 Å². The number of benzene rings is 1. The van der Waals surface area contributed by atoms with Crippen LogP contribution in [0.3, 0.4) is 0 Å². The van der Waals surface area contributed by atoms with E-state index in [4.69, 9.17) is 0 Å². The van der Waals surface area contributed by atoms with Crippen molar-refractivity contribution in [2.75, 3.05) is 0 Å². The van der Waals surface area contributed by atoms with Crippen LogP contribution in [-0.4, -0.2) is 5.92 Å². The molecule has 1 aromatic rings. The van der Waals surface area contributed by atoms with E-state index in [2.05, 4.69) is 13.0 Å². The van der Waals surface area contributed by atoms with Crippen LogP contribution in [0.5, 0.6) is 0 Å². The van der Waals surface area contributed by atoms with Crippen LogP contribution in [0.2, 0.25) is 0 Å². The average Bonchev–Trinajstić information content (AvgIpc) is 2.17. The fourth-order valence-electron chi connectivity index (χ4n) is 0.777. The van der Waals surface area contributed by atoms with E-state index in [1.54, 1.807) is 0 Å². The van der Waals surface area contributed by atoms with Gasteiger partial charge in [0.2, 0.25) is 0 Å². The molecule has 0 unspecified atom stereocenters. The molecule has 0 aliphatic rings. The molecule has 1 aromatic carbocycles. The van der Waals surface area contributed by atoms with Crippen molar-refractivity contribution in [1.29, 1.82) is 0 Å². The van der Waals surface area contributed by atoms with Crippen LogP contribution in [0.25, 0.3) is 0 Å². The quantitative estimate of drug-likeness (QED) is 0.733. The third kappa shape index (κ3) is 16.8. The van der Waals surface area contributed by atoms with Crippen LogP contribution in [0, 0.1) is 13.0 Å². The molecule has 0 N–H and O–H groups in total. The summed E-state index contributed by atoms with van der Waals surface area (Å²) in [6, 6.07) is 12.5. The van der Waals surface area contributed by atoms with Crippen LogP contribution >= 0.6 is 0 Å². The Hall–Kier alpha value is 0.184. The number of hydrogen-bond donors (Lipinski definition) is 0. The summed E-state index contributed by atoms with van der Waals surface area (Å²) in [6.45, 7) is 4.56. The SMILES string of the molecule is [CH2-]C(F)(F)CCCC.[Y].[c-]1ccccc1. The maximum absolute atomic E-state index is 11.8. The minimum absolute atomic E-state index is 0. The molecule has 0 saturated carbocycles. The molecular formula is C12H16F2Y-2. The molecule has 0 fully saturated rings. The van der Waals surface area contributed by atoms with Crippen molar-refractivity contribution in [3.05, 3.63) is 43.3 Å². The number of alkyl halides is 2. The fourth-order valence-corrected chi connectivity index (χ4v) is 0.777. The van der Waals surface area contributed by atoms with Gasteiger partial charge in [0.15, 0.2) is 0 Å². The van der Waals surface area contributed by atoms with Crippen molar-refractivity contribution < 1.29 is 41.5 Å². The summed E-state index contributed by atoms with van der Waals surface area (Å²) in [5.41, 5.74) is 0. The smallest absolute Gasteiger partial charge is 0.129 e. The Kier molecular flexibility index (Phi) is 12.5. The van der Waals surface area contributed by atoms with Crippen molar-refractivity contribution in [3.8, 4) is 0 Å². The minimum Gasteiger partial charge on any atom is -0.274 e. The van der Waals surface area contributed by atoms with Gasteiger partial charge in [0.05, 0.1) is 0 Å². The molecule has 0 spiro atoms. The topological polar surface area (TPSA) is 0 Å². The zero-order valence-corrected chi connectivity index (χ0v) is 11.9. The maximum atomic E-state index is 11.8. The molecule has 0 atom stereocenters. The minimum atomic E-state index is -2.70. The number of halogens is 2. The van der Waals surface area contributed by atoms with Gasteiger partial charge in [-0.2, -0.15) is 36.4 Å². The van der Waals surface area contributed by atoms with E-state index in [9.17, 15) is 8.78 Å². The van der Waals surface area contributed by atoms with E-state index in [1.807, 2.05) is 37.3 Å². The van der Waals surface area contributed by atoms with Crippen molar-refractivity contribution in [2.24, 2.45) is 0 Å². The van der Waals surface area contributed by atoms with Gasteiger partial charge in [0.1, 0.15) is 5.92 Å². The third-order valence-corrected chi connectivity index (χ3v) is 1.50. The molecule has 15 heavy (non-hydrogen) atoms. The van der Waals surface area contributed by atoms with Crippen molar-refractivity contribution >= 4 is 0 Å². The predicted molar refractivity (Wildman–Crippen MR) is 55.1 cm³/mol. The van der Waals surface area contributed by atoms with Gasteiger partial charge in [-0.05, 0) is 6.42 Å². The first-order valence-electron chi connectivity index (χ1n) is 4.70. The molecule has 0 nitrogen and oxygen atoms in total. The molecule has 83 valence electrons. The van der Waals surface area contributed by atoms with Gasteiger partial charge in [-0.25, -0.2) is 8.78 Å². The van der Waals surface area contributed by atoms with E-state index >= 15 is 0 Å². The molecule has 0 bridgehead atoms. The fraction of sp³-hybridized carbons (Fsp3) is 0.417. The summed E-state index contributed by atoms with van der Waals surface area (Å²) in [5.74, 6) is -2.70. The zero-order valence-electron chi connectivity index (χ0n) is 9.05. The normalized spacial score (nSPS) is 9.60. The van der Waals surface area contributed by atoms with Gasteiger partial charge < -0.3 is 0 Å². The van der Waals surface area contributed by atoms with E-state index in [1.165, 1.54) is 0 Å². The van der Waals surface area contributed by atoms with E-state index < -0.39 is 5.92 Å². The summed E-state index contributed by atoms with van der Waals surface area (Å²) in [5, 5.41) is 0. The summed E-state index contributed by atoms with van der Waals surface area (Å²) < 4.78 is 23.6. The Morgan fingerprint density at radius 2 is 1.73 bits per heavy atom. The van der Waals surface area contributed by atoms with Crippen LogP contribution in [-0.2, 0) is 32.7 Å².